The highest BCUT2D eigenvalue weighted by Crippen LogP contribution is 2.15. The van der Waals surface area contributed by atoms with E-state index in [-0.39, 0.29) is 12.0 Å². The SMILES string of the molecule is CCOC(=O)C1N=C1CC. The molecule has 0 spiro atoms. The second-order valence-electron chi connectivity index (χ2n) is 2.13. The molecule has 1 heterocycles. The lowest BCUT2D eigenvalue weighted by Gasteiger charge is -1.96. The first-order chi connectivity index (χ1) is 4.79. The molecule has 0 bridgehead atoms. The van der Waals surface area contributed by atoms with Gasteiger partial charge in [-0.1, -0.05) is 6.92 Å². The zero-order chi connectivity index (χ0) is 7.56. The molecule has 0 aromatic heterocycles. The Hall–Kier alpha value is -0.860. The maximum absolute atomic E-state index is 10.8. The van der Waals surface area contributed by atoms with Crippen molar-refractivity contribution in [1.29, 1.82) is 0 Å². The first-order valence-corrected chi connectivity index (χ1v) is 3.52. The number of rotatable bonds is 3. The molecule has 56 valence electrons. The Balaban J connectivity index is 2.22. The summed E-state index contributed by atoms with van der Waals surface area (Å²) >= 11 is 0. The molecule has 1 aliphatic heterocycles. The molecule has 0 aromatic rings. The van der Waals surface area contributed by atoms with Gasteiger partial charge in [0.1, 0.15) is 0 Å². The molecule has 1 rings (SSSR count). The van der Waals surface area contributed by atoms with Crippen molar-refractivity contribution in [3.63, 3.8) is 0 Å². The lowest BCUT2D eigenvalue weighted by atomic mass is 10.2. The van der Waals surface area contributed by atoms with E-state index in [1.165, 1.54) is 0 Å². The highest BCUT2D eigenvalue weighted by Gasteiger charge is 2.34. The van der Waals surface area contributed by atoms with Crippen molar-refractivity contribution in [1.82, 2.24) is 0 Å². The molecule has 0 saturated heterocycles. The lowest BCUT2D eigenvalue weighted by Crippen LogP contribution is -2.15. The van der Waals surface area contributed by atoms with Crippen molar-refractivity contribution in [2.24, 2.45) is 4.99 Å². The molecule has 0 amide bonds. The van der Waals surface area contributed by atoms with E-state index in [2.05, 4.69) is 4.99 Å². The number of carbonyl (C=O) groups is 1. The minimum atomic E-state index is -0.218. The average molecular weight is 141 g/mol. The van der Waals surface area contributed by atoms with Crippen molar-refractivity contribution in [2.45, 2.75) is 26.3 Å². The van der Waals surface area contributed by atoms with Crippen molar-refractivity contribution >= 4 is 11.7 Å². The highest BCUT2D eigenvalue weighted by atomic mass is 16.5. The summed E-state index contributed by atoms with van der Waals surface area (Å²) in [5.74, 6) is -0.195. The van der Waals surface area contributed by atoms with Gasteiger partial charge in [-0.3, -0.25) is 4.99 Å². The van der Waals surface area contributed by atoms with Crippen LogP contribution in [0.15, 0.2) is 4.99 Å². The molecule has 10 heavy (non-hydrogen) atoms. The highest BCUT2D eigenvalue weighted by molar-refractivity contribution is 6.15. The third-order valence-electron chi connectivity index (χ3n) is 1.41. The van der Waals surface area contributed by atoms with E-state index in [0.29, 0.717) is 6.61 Å². The first-order valence-electron chi connectivity index (χ1n) is 3.52. The molecule has 0 fully saturated rings. The zero-order valence-electron chi connectivity index (χ0n) is 6.26. The summed E-state index contributed by atoms with van der Waals surface area (Å²) in [5, 5.41) is 0. The number of ether oxygens (including phenoxy) is 1. The zero-order valence-corrected chi connectivity index (χ0v) is 6.26. The summed E-state index contributed by atoms with van der Waals surface area (Å²) in [6.45, 7) is 4.23. The molecule has 0 N–H and O–H groups in total. The summed E-state index contributed by atoms with van der Waals surface area (Å²) in [4.78, 5) is 14.8. The molecule has 0 saturated carbocycles. The van der Waals surface area contributed by atoms with Crippen molar-refractivity contribution in [2.75, 3.05) is 6.61 Å². The third-order valence-corrected chi connectivity index (χ3v) is 1.41. The van der Waals surface area contributed by atoms with Crippen LogP contribution in [0.2, 0.25) is 0 Å². The van der Waals surface area contributed by atoms with Crippen LogP contribution in [0.25, 0.3) is 0 Å². The molecule has 3 heteroatoms. The fourth-order valence-electron chi connectivity index (χ4n) is 0.823. The van der Waals surface area contributed by atoms with Gasteiger partial charge >= 0.3 is 5.97 Å². The molecule has 0 aromatic carbocycles. The van der Waals surface area contributed by atoms with Gasteiger partial charge in [0.25, 0.3) is 0 Å². The van der Waals surface area contributed by atoms with Gasteiger partial charge in [-0.15, -0.1) is 0 Å². The first kappa shape index (κ1) is 7.25. The molecule has 0 aliphatic carbocycles. The molecule has 3 nitrogen and oxygen atoms in total. The fourth-order valence-corrected chi connectivity index (χ4v) is 0.823. The second-order valence-corrected chi connectivity index (χ2v) is 2.13. The Morgan fingerprint density at radius 2 is 2.40 bits per heavy atom. The van der Waals surface area contributed by atoms with E-state index < -0.39 is 0 Å². The van der Waals surface area contributed by atoms with E-state index in [1.54, 1.807) is 6.92 Å². The van der Waals surface area contributed by atoms with E-state index >= 15 is 0 Å². The Kier molecular flexibility index (Phi) is 2.04. The van der Waals surface area contributed by atoms with Gasteiger partial charge in [0.2, 0.25) is 0 Å². The third kappa shape index (κ3) is 1.35. The standard InChI is InChI=1S/C7H11NO2/c1-3-5-6(8-5)7(9)10-4-2/h6H,3-4H2,1-2H3. The number of hydrogen-bond donors (Lipinski definition) is 0. The van der Waals surface area contributed by atoms with E-state index in [9.17, 15) is 4.79 Å². The van der Waals surface area contributed by atoms with Crippen LogP contribution in [0.5, 0.6) is 0 Å². The number of carbonyl (C=O) groups excluding carboxylic acids is 1. The van der Waals surface area contributed by atoms with E-state index in [0.717, 1.165) is 12.1 Å². The Labute approximate surface area is 60.1 Å². The number of hydrogen-bond acceptors (Lipinski definition) is 3. The van der Waals surface area contributed by atoms with E-state index in [4.69, 9.17) is 4.74 Å². The summed E-state index contributed by atoms with van der Waals surface area (Å²) in [7, 11) is 0. The van der Waals surface area contributed by atoms with Gasteiger partial charge < -0.3 is 4.74 Å². The molecule has 1 unspecified atom stereocenters. The van der Waals surface area contributed by atoms with Crippen LogP contribution in [0.3, 0.4) is 0 Å². The minimum Gasteiger partial charge on any atom is -0.464 e. The summed E-state index contributed by atoms with van der Waals surface area (Å²) in [5.41, 5.74) is 0.971. The van der Waals surface area contributed by atoms with E-state index in [1.807, 2.05) is 6.92 Å². The lowest BCUT2D eigenvalue weighted by molar-refractivity contribution is -0.142. The normalized spacial score (nSPS) is 21.8. The number of aliphatic imine (C=N–C) groups is 1. The Bertz CT molecular complexity index is 174. The molecular formula is C7H11NO2. The smallest absolute Gasteiger partial charge is 0.336 e. The van der Waals surface area contributed by atoms with Crippen LogP contribution in [-0.2, 0) is 9.53 Å². The van der Waals surface area contributed by atoms with Crippen LogP contribution in [-0.4, -0.2) is 24.3 Å². The van der Waals surface area contributed by atoms with Crippen molar-refractivity contribution in [3.8, 4) is 0 Å². The number of nitrogens with zero attached hydrogens (tertiary/aromatic N) is 1. The molecule has 1 aliphatic rings. The summed E-state index contributed by atoms with van der Waals surface area (Å²) in [6, 6.07) is -0.218. The summed E-state index contributed by atoms with van der Waals surface area (Å²) < 4.78 is 4.74. The number of esters is 1. The van der Waals surface area contributed by atoms with Crippen LogP contribution in [0.4, 0.5) is 0 Å². The largest absolute Gasteiger partial charge is 0.464 e. The van der Waals surface area contributed by atoms with Crippen LogP contribution < -0.4 is 0 Å². The molecule has 1 atom stereocenters. The quantitative estimate of drug-likeness (QED) is 0.545. The second kappa shape index (κ2) is 2.82. The van der Waals surface area contributed by atoms with Gasteiger partial charge in [0.05, 0.1) is 6.61 Å². The van der Waals surface area contributed by atoms with Gasteiger partial charge in [-0.2, -0.15) is 0 Å². The van der Waals surface area contributed by atoms with Gasteiger partial charge in [-0.25, -0.2) is 4.79 Å². The predicted molar refractivity (Wildman–Crippen MR) is 38.1 cm³/mol. The maximum atomic E-state index is 10.8. The predicted octanol–water partition coefficient (Wildman–Crippen LogP) is 0.783. The Morgan fingerprint density at radius 3 is 2.80 bits per heavy atom. The monoisotopic (exact) mass is 141 g/mol. The fraction of sp³-hybridized carbons (Fsp3) is 0.714. The minimum absolute atomic E-state index is 0.195. The molecular weight excluding hydrogens is 130 g/mol. The van der Waals surface area contributed by atoms with Crippen molar-refractivity contribution in [3.05, 3.63) is 0 Å². The van der Waals surface area contributed by atoms with Gasteiger partial charge in [0, 0.05) is 5.71 Å². The summed E-state index contributed by atoms with van der Waals surface area (Å²) in [6.07, 6.45) is 0.865. The van der Waals surface area contributed by atoms with Gasteiger partial charge in [-0.05, 0) is 13.3 Å². The van der Waals surface area contributed by atoms with Crippen molar-refractivity contribution < 1.29 is 9.53 Å². The molecule has 0 radical (unpaired) electrons. The Morgan fingerprint density at radius 1 is 1.70 bits per heavy atom. The van der Waals surface area contributed by atoms with Gasteiger partial charge in [0.15, 0.2) is 6.04 Å². The van der Waals surface area contributed by atoms with Crippen LogP contribution >= 0.6 is 0 Å². The van der Waals surface area contributed by atoms with Crippen LogP contribution in [0, 0.1) is 0 Å². The maximum Gasteiger partial charge on any atom is 0.336 e. The topological polar surface area (TPSA) is 38.7 Å². The van der Waals surface area contributed by atoms with Crippen LogP contribution in [0.1, 0.15) is 20.3 Å². The average Bonchev–Trinajstić information content (AvgIpc) is 2.66.